The Bertz CT molecular complexity index is 1320. The van der Waals surface area contributed by atoms with Crippen molar-refractivity contribution in [1.29, 1.82) is 0 Å². The summed E-state index contributed by atoms with van der Waals surface area (Å²) in [4.78, 5) is 35.1. The highest BCUT2D eigenvalue weighted by molar-refractivity contribution is 6.30. The minimum Gasteiger partial charge on any atom is -0.478 e. The van der Waals surface area contributed by atoms with E-state index in [1.165, 1.54) is 6.07 Å². The number of halogens is 4. The van der Waals surface area contributed by atoms with Crippen LogP contribution in [0.5, 0.6) is 0 Å². The molecule has 204 valence electrons. The second kappa shape index (κ2) is 12.5. The Hall–Kier alpha value is -4.06. The molecule has 3 rings (SSSR count). The molecule has 3 aromatic rings. The Morgan fingerprint density at radius 3 is 2.13 bits per heavy atom. The number of nitrogens with zero attached hydrogens (tertiary/aromatic N) is 3. The molecule has 13 heteroatoms. The number of anilines is 2. The fraction of sp³-hybridized carbons (Fsp3) is 0.280. The van der Waals surface area contributed by atoms with E-state index in [1.54, 1.807) is 36.4 Å². The van der Waals surface area contributed by atoms with Crippen LogP contribution in [0.4, 0.5) is 24.5 Å². The van der Waals surface area contributed by atoms with E-state index in [9.17, 15) is 27.9 Å². The monoisotopic (exact) mass is 554 g/mol. The van der Waals surface area contributed by atoms with Gasteiger partial charge in [-0.15, -0.1) is 0 Å². The predicted molar refractivity (Wildman–Crippen MR) is 136 cm³/mol. The van der Waals surface area contributed by atoms with Gasteiger partial charge in [0.15, 0.2) is 0 Å². The molecule has 0 unspecified atom stereocenters. The highest BCUT2D eigenvalue weighted by atomic mass is 35.5. The molecule has 0 saturated heterocycles. The van der Waals surface area contributed by atoms with Gasteiger partial charge in [-0.05, 0) is 68.3 Å². The summed E-state index contributed by atoms with van der Waals surface area (Å²) in [7, 11) is 3.77. The van der Waals surface area contributed by atoms with Crippen molar-refractivity contribution in [1.82, 2.24) is 9.78 Å². The summed E-state index contributed by atoms with van der Waals surface area (Å²) in [6.45, 7) is 4.63. The van der Waals surface area contributed by atoms with Crippen molar-refractivity contribution in [2.45, 2.75) is 26.4 Å². The minimum atomic E-state index is -5.08. The van der Waals surface area contributed by atoms with Crippen LogP contribution in [-0.2, 0) is 18.3 Å². The number of aliphatic carboxylic acids is 1. The molecule has 1 amide bonds. The number of benzene rings is 2. The maximum absolute atomic E-state index is 12.4. The quantitative estimate of drug-likeness (QED) is 0.377. The van der Waals surface area contributed by atoms with Gasteiger partial charge in [0.05, 0.1) is 16.9 Å². The van der Waals surface area contributed by atoms with Gasteiger partial charge in [0.2, 0.25) is 0 Å². The first-order valence-corrected chi connectivity index (χ1v) is 11.4. The number of carbonyl (C=O) groups is 3. The first-order valence-electron chi connectivity index (χ1n) is 11.1. The van der Waals surface area contributed by atoms with Crippen LogP contribution in [0, 0.1) is 13.8 Å². The number of aromatic nitrogens is 2. The van der Waals surface area contributed by atoms with Crippen LogP contribution in [0.2, 0.25) is 5.02 Å². The Morgan fingerprint density at radius 1 is 1.08 bits per heavy atom. The van der Waals surface area contributed by atoms with Gasteiger partial charge in [-0.2, -0.15) is 18.3 Å². The van der Waals surface area contributed by atoms with Gasteiger partial charge >= 0.3 is 18.1 Å². The molecule has 0 bridgehead atoms. The molecule has 38 heavy (non-hydrogen) atoms. The highest BCUT2D eigenvalue weighted by Gasteiger charge is 2.38. The number of aryl methyl sites for hydroxylation is 2. The summed E-state index contributed by atoms with van der Waals surface area (Å²) in [6.07, 6.45) is -4.34. The van der Waals surface area contributed by atoms with Crippen LogP contribution in [0.3, 0.4) is 0 Å². The normalized spacial score (nSPS) is 10.8. The zero-order valence-electron chi connectivity index (χ0n) is 20.9. The van der Waals surface area contributed by atoms with Crippen molar-refractivity contribution in [3.8, 4) is 0 Å². The zero-order valence-corrected chi connectivity index (χ0v) is 21.7. The van der Waals surface area contributed by atoms with Crippen LogP contribution in [0.15, 0.2) is 42.5 Å². The number of carboxylic acid groups (broad SMARTS) is 2. The molecule has 0 spiro atoms. The van der Waals surface area contributed by atoms with Crippen LogP contribution in [0.1, 0.15) is 37.7 Å². The Balaban J connectivity index is 0.000000638. The zero-order chi connectivity index (χ0) is 28.8. The number of carboxylic acids is 2. The molecule has 2 aromatic carbocycles. The van der Waals surface area contributed by atoms with Gasteiger partial charge in [0.1, 0.15) is 0 Å². The molecule has 9 nitrogen and oxygen atoms in total. The molecule has 0 radical (unpaired) electrons. The van der Waals surface area contributed by atoms with Crippen molar-refractivity contribution in [2.24, 2.45) is 7.05 Å². The lowest BCUT2D eigenvalue weighted by atomic mass is 10.1. The van der Waals surface area contributed by atoms with E-state index < -0.39 is 18.1 Å². The van der Waals surface area contributed by atoms with E-state index in [-0.39, 0.29) is 11.5 Å². The average molecular weight is 555 g/mol. The Labute approximate surface area is 221 Å². The maximum atomic E-state index is 12.4. The van der Waals surface area contributed by atoms with Crippen LogP contribution >= 0.6 is 11.6 Å². The Kier molecular flexibility index (Phi) is 9.89. The molecule has 1 aromatic heterocycles. The number of amides is 1. The van der Waals surface area contributed by atoms with E-state index in [0.29, 0.717) is 28.5 Å². The molecular weight excluding hydrogens is 529 g/mol. The second-order valence-electron chi connectivity index (χ2n) is 8.25. The third kappa shape index (κ3) is 7.97. The molecule has 0 atom stereocenters. The van der Waals surface area contributed by atoms with Gasteiger partial charge in [-0.25, -0.2) is 9.59 Å². The lowest BCUT2D eigenvalue weighted by Gasteiger charge is -2.22. The van der Waals surface area contributed by atoms with E-state index >= 15 is 0 Å². The average Bonchev–Trinajstić information content (AvgIpc) is 3.08. The van der Waals surface area contributed by atoms with Crippen LogP contribution < -0.4 is 10.2 Å². The van der Waals surface area contributed by atoms with E-state index in [1.807, 2.05) is 37.5 Å². The predicted octanol–water partition coefficient (Wildman–Crippen LogP) is 4.95. The number of carbonyl (C=O) groups excluding carboxylic acids is 1. The summed E-state index contributed by atoms with van der Waals surface area (Å²) >= 11 is 5.86. The highest BCUT2D eigenvalue weighted by Crippen LogP contribution is 2.25. The number of nitrogens with one attached hydrogen (secondary N) is 1. The summed E-state index contributed by atoms with van der Waals surface area (Å²) in [6, 6.07) is 11.4. The number of rotatable bonds is 7. The SMILES string of the molecule is Cc1nn(C)c(C)c1CCN(C)c1ccc(NC(=O)c2ccc(Cl)cc2)cc1C(=O)O.O=C(O)C(F)(F)F. The number of hydrogen-bond acceptors (Lipinski definition) is 5. The number of hydrogen-bond donors (Lipinski definition) is 3. The van der Waals surface area contributed by atoms with Gasteiger partial charge in [0, 0.05) is 42.6 Å². The summed E-state index contributed by atoms with van der Waals surface area (Å²) in [5.74, 6) is -4.15. The summed E-state index contributed by atoms with van der Waals surface area (Å²) in [5.41, 5.74) is 4.79. The largest absolute Gasteiger partial charge is 0.490 e. The third-order valence-corrected chi connectivity index (χ3v) is 5.85. The molecular formula is C25H26ClF3N4O5. The molecule has 0 saturated carbocycles. The number of alkyl halides is 3. The first kappa shape index (κ1) is 30.2. The number of likely N-dealkylation sites (N-methyl/N-ethyl adjacent to an activating group) is 1. The third-order valence-electron chi connectivity index (χ3n) is 5.60. The maximum Gasteiger partial charge on any atom is 0.490 e. The molecule has 0 aliphatic carbocycles. The fourth-order valence-corrected chi connectivity index (χ4v) is 3.63. The molecule has 0 fully saturated rings. The van der Waals surface area contributed by atoms with Crippen LogP contribution in [0.25, 0.3) is 0 Å². The minimum absolute atomic E-state index is 0.121. The van der Waals surface area contributed by atoms with Crippen molar-refractivity contribution >= 4 is 40.8 Å². The topological polar surface area (TPSA) is 125 Å². The Morgan fingerprint density at radius 2 is 1.66 bits per heavy atom. The van der Waals surface area contributed by atoms with Crippen molar-refractivity contribution in [3.63, 3.8) is 0 Å². The van der Waals surface area contributed by atoms with Gasteiger partial charge in [-0.3, -0.25) is 9.48 Å². The lowest BCUT2D eigenvalue weighted by molar-refractivity contribution is -0.192. The van der Waals surface area contributed by atoms with Crippen molar-refractivity contribution < 1.29 is 37.8 Å². The van der Waals surface area contributed by atoms with E-state index in [4.69, 9.17) is 21.5 Å². The lowest BCUT2D eigenvalue weighted by Crippen LogP contribution is -2.23. The smallest absolute Gasteiger partial charge is 0.478 e. The summed E-state index contributed by atoms with van der Waals surface area (Å²) < 4.78 is 33.6. The fourth-order valence-electron chi connectivity index (χ4n) is 3.50. The second-order valence-corrected chi connectivity index (χ2v) is 8.68. The summed E-state index contributed by atoms with van der Waals surface area (Å²) in [5, 5.41) is 24.6. The standard InChI is InChI=1S/C23H25ClN4O3.C2HF3O2/c1-14-19(15(2)28(4)26-14)11-12-27(3)21-10-9-18(13-20(21)23(30)31)25-22(29)16-5-7-17(24)8-6-16;3-2(4,5)1(6)7/h5-10,13H,11-12H2,1-4H3,(H,25,29)(H,30,31);(H,6,7). The molecule has 1 heterocycles. The van der Waals surface area contributed by atoms with Crippen LogP contribution in [-0.4, -0.2) is 57.6 Å². The number of aromatic carboxylic acids is 1. The van der Waals surface area contributed by atoms with Crippen molar-refractivity contribution in [2.75, 3.05) is 23.8 Å². The molecule has 0 aliphatic heterocycles. The molecule has 0 aliphatic rings. The van der Waals surface area contributed by atoms with Gasteiger partial charge < -0.3 is 20.4 Å². The van der Waals surface area contributed by atoms with Crippen molar-refractivity contribution in [3.05, 3.63) is 75.6 Å². The van der Waals surface area contributed by atoms with E-state index in [0.717, 1.165) is 23.4 Å². The first-order chi connectivity index (χ1) is 17.6. The van der Waals surface area contributed by atoms with Gasteiger partial charge in [-0.1, -0.05) is 11.6 Å². The molecule has 3 N–H and O–H groups in total. The van der Waals surface area contributed by atoms with E-state index in [2.05, 4.69) is 10.4 Å². The van der Waals surface area contributed by atoms with Gasteiger partial charge in [0.25, 0.3) is 5.91 Å².